The number of hydrogen-bond donors (Lipinski definition) is 3. The number of thiophene rings is 1. The van der Waals surface area contributed by atoms with Crippen LogP contribution in [0, 0.1) is 40.4 Å². The molecule has 3 aromatic heterocycles. The van der Waals surface area contributed by atoms with Crippen LogP contribution in [0.15, 0.2) is 65.6 Å². The van der Waals surface area contributed by atoms with Crippen molar-refractivity contribution >= 4 is 28.9 Å². The number of carbonyl (C=O) groups is 1. The number of ketones is 1. The SMILES string of the molecule is Cc1ccc(C(=O)C2=CC34C=CC25C(CCC2(C)C5CCC2(O)CSc2n[nH]c(-c5ccncc5)n2)C3(C)CCC(O)C4)s1. The Bertz CT molecular complexity index is 1700. The lowest BCUT2D eigenvalue weighted by molar-refractivity contribution is -0.166. The van der Waals surface area contributed by atoms with Crippen LogP contribution in [0.4, 0.5) is 0 Å². The molecule has 8 unspecified atom stereocenters. The lowest BCUT2D eigenvalue weighted by Gasteiger charge is -2.71. The van der Waals surface area contributed by atoms with Crippen molar-refractivity contribution in [2.45, 2.75) is 82.6 Å². The summed E-state index contributed by atoms with van der Waals surface area (Å²) in [5.41, 5.74) is -0.236. The third-order valence-electron chi connectivity index (χ3n) is 12.8. The molecule has 0 saturated heterocycles. The van der Waals surface area contributed by atoms with E-state index in [1.807, 2.05) is 24.3 Å². The van der Waals surface area contributed by atoms with Gasteiger partial charge >= 0.3 is 0 Å². The van der Waals surface area contributed by atoms with Crippen molar-refractivity contribution < 1.29 is 15.0 Å². The van der Waals surface area contributed by atoms with Gasteiger partial charge in [-0.2, -0.15) is 0 Å². The lowest BCUT2D eigenvalue weighted by atomic mass is 9.33. The van der Waals surface area contributed by atoms with Gasteiger partial charge < -0.3 is 10.2 Å². The third-order valence-corrected chi connectivity index (χ3v) is 14.8. The van der Waals surface area contributed by atoms with E-state index in [1.54, 1.807) is 23.7 Å². The maximum absolute atomic E-state index is 14.5. The van der Waals surface area contributed by atoms with Gasteiger partial charge in [0.2, 0.25) is 5.16 Å². The Labute approximate surface area is 266 Å². The fraction of sp³-hybridized carbons (Fsp3) is 0.543. The minimum Gasteiger partial charge on any atom is -0.393 e. The standard InChI is InChI=1S/C35H40N4O3S2/c1-21-4-5-25(44-21)28(41)24-19-33-14-15-35(24)26(31(33,2)11-6-23(40)18-33)7-12-32(3)27(35)8-13-34(32,42)20-43-30-37-29(38-39-30)22-9-16-36-17-10-22/h4-5,9-10,14-17,19,23,26-27,40,42H,6-8,11-13,18,20H2,1-3H3,(H,37,38,39). The van der Waals surface area contributed by atoms with Crippen molar-refractivity contribution in [2.24, 2.45) is 33.5 Å². The van der Waals surface area contributed by atoms with Crippen LogP contribution in [0.2, 0.25) is 0 Å². The van der Waals surface area contributed by atoms with Crippen LogP contribution in [-0.2, 0) is 0 Å². The molecular formula is C35H40N4O3S2. The van der Waals surface area contributed by atoms with Crippen molar-refractivity contribution in [1.29, 1.82) is 0 Å². The summed E-state index contributed by atoms with van der Waals surface area (Å²) in [6.07, 6.45) is 16.0. The van der Waals surface area contributed by atoms with Crippen LogP contribution in [0.25, 0.3) is 11.4 Å². The molecule has 0 aliphatic heterocycles. The van der Waals surface area contributed by atoms with E-state index in [2.05, 4.69) is 54.2 Å². The summed E-state index contributed by atoms with van der Waals surface area (Å²) in [5, 5.41) is 31.6. The number of fused-ring (bicyclic) bond motifs is 1. The Hall–Kier alpha value is -2.59. The summed E-state index contributed by atoms with van der Waals surface area (Å²) < 4.78 is 0. The molecule has 3 fully saturated rings. The largest absolute Gasteiger partial charge is 0.393 e. The fourth-order valence-electron chi connectivity index (χ4n) is 10.4. The number of nitrogens with zero attached hydrogens (tertiary/aromatic N) is 3. The van der Waals surface area contributed by atoms with E-state index >= 15 is 0 Å². The molecule has 0 aromatic carbocycles. The summed E-state index contributed by atoms with van der Waals surface area (Å²) in [6.45, 7) is 6.76. The smallest absolute Gasteiger partial charge is 0.208 e. The molecule has 3 heterocycles. The molecule has 3 aromatic rings. The average molecular weight is 629 g/mol. The third kappa shape index (κ3) is 3.76. The number of carbonyl (C=O) groups excluding carboxylic acids is 1. The Morgan fingerprint density at radius 2 is 1.80 bits per heavy atom. The first-order valence-corrected chi connectivity index (χ1v) is 17.7. The number of nitrogens with one attached hydrogen (secondary N) is 1. The first kappa shape index (κ1) is 28.9. The molecule has 6 aliphatic carbocycles. The van der Waals surface area contributed by atoms with Crippen LogP contribution in [0.1, 0.15) is 73.3 Å². The van der Waals surface area contributed by atoms with Gasteiger partial charge in [0.15, 0.2) is 11.6 Å². The summed E-state index contributed by atoms with van der Waals surface area (Å²) in [6, 6.07) is 7.82. The van der Waals surface area contributed by atoms with E-state index in [9.17, 15) is 15.0 Å². The topological polar surface area (TPSA) is 112 Å². The Morgan fingerprint density at radius 1 is 1.05 bits per heavy atom. The number of aliphatic hydroxyl groups excluding tert-OH is 1. The Kier molecular flexibility index (Phi) is 6.37. The van der Waals surface area contributed by atoms with Gasteiger partial charge in [-0.3, -0.25) is 14.9 Å². The molecular weight excluding hydrogens is 589 g/mol. The molecule has 44 heavy (non-hydrogen) atoms. The van der Waals surface area contributed by atoms with Crippen molar-refractivity contribution in [3.63, 3.8) is 0 Å². The second kappa shape index (κ2) is 9.71. The van der Waals surface area contributed by atoms with E-state index in [0.717, 1.165) is 53.0 Å². The van der Waals surface area contributed by atoms with Gasteiger partial charge in [0, 0.05) is 50.4 Å². The highest BCUT2D eigenvalue weighted by atomic mass is 32.2. The number of thioether (sulfide) groups is 1. The minimum atomic E-state index is -0.920. The normalized spacial score (nSPS) is 40.3. The maximum atomic E-state index is 14.5. The number of Topliss-reactive ketones (excluding diaryl/α,β-unsaturated/α-hetero) is 1. The second-order valence-corrected chi connectivity index (χ2v) is 16.8. The van der Waals surface area contributed by atoms with Gasteiger partial charge in [-0.05, 0) is 93.4 Å². The first-order valence-electron chi connectivity index (χ1n) is 15.9. The quantitative estimate of drug-likeness (QED) is 0.156. The Morgan fingerprint density at radius 3 is 2.57 bits per heavy atom. The zero-order valence-corrected chi connectivity index (χ0v) is 27.2. The second-order valence-electron chi connectivity index (χ2n) is 14.5. The number of rotatable bonds is 6. The zero-order chi connectivity index (χ0) is 30.5. The fourth-order valence-corrected chi connectivity index (χ4v) is 12.3. The average Bonchev–Trinajstić information content (AvgIpc) is 3.74. The molecule has 0 amide bonds. The summed E-state index contributed by atoms with van der Waals surface area (Å²) in [5.74, 6) is 1.76. The molecule has 0 radical (unpaired) electrons. The highest BCUT2D eigenvalue weighted by Gasteiger charge is 2.74. The van der Waals surface area contributed by atoms with E-state index < -0.39 is 11.0 Å². The summed E-state index contributed by atoms with van der Waals surface area (Å²) in [4.78, 5) is 25.3. The van der Waals surface area contributed by atoms with Gasteiger partial charge in [0.05, 0.1) is 16.6 Å². The number of aromatic nitrogens is 4. The predicted molar refractivity (Wildman–Crippen MR) is 172 cm³/mol. The molecule has 9 heteroatoms. The van der Waals surface area contributed by atoms with Crippen LogP contribution in [0.3, 0.4) is 0 Å². The van der Waals surface area contributed by atoms with Gasteiger partial charge in [-0.15, -0.1) is 16.4 Å². The van der Waals surface area contributed by atoms with Crippen LogP contribution < -0.4 is 0 Å². The monoisotopic (exact) mass is 628 g/mol. The summed E-state index contributed by atoms with van der Waals surface area (Å²) in [7, 11) is 0. The Balaban J connectivity index is 1.16. The van der Waals surface area contributed by atoms with Crippen molar-refractivity contribution in [1.82, 2.24) is 20.2 Å². The van der Waals surface area contributed by atoms with Gasteiger partial charge in [0.1, 0.15) is 0 Å². The highest BCUT2D eigenvalue weighted by molar-refractivity contribution is 7.99. The molecule has 3 N–H and O–H groups in total. The highest BCUT2D eigenvalue weighted by Crippen LogP contribution is 2.78. The molecule has 2 bridgehead atoms. The maximum Gasteiger partial charge on any atom is 0.208 e. The van der Waals surface area contributed by atoms with Gasteiger partial charge in [-0.1, -0.05) is 43.8 Å². The number of hydrogen-bond acceptors (Lipinski definition) is 8. The number of aliphatic hydroxyl groups is 2. The number of allylic oxidation sites excluding steroid dienone is 4. The number of aryl methyl sites for hydroxylation is 1. The van der Waals surface area contributed by atoms with Crippen molar-refractivity contribution in [3.8, 4) is 11.4 Å². The molecule has 8 atom stereocenters. The van der Waals surface area contributed by atoms with E-state index in [0.29, 0.717) is 35.5 Å². The lowest BCUT2D eigenvalue weighted by Crippen LogP contribution is -2.67. The molecule has 6 aliphatic rings. The van der Waals surface area contributed by atoms with E-state index in [1.165, 1.54) is 11.8 Å². The van der Waals surface area contributed by atoms with E-state index in [4.69, 9.17) is 4.98 Å². The molecule has 9 rings (SSSR count). The van der Waals surface area contributed by atoms with Crippen molar-refractivity contribution in [2.75, 3.05) is 5.75 Å². The van der Waals surface area contributed by atoms with Gasteiger partial charge in [0.25, 0.3) is 0 Å². The minimum absolute atomic E-state index is 0.0325. The summed E-state index contributed by atoms with van der Waals surface area (Å²) >= 11 is 3.08. The van der Waals surface area contributed by atoms with E-state index in [-0.39, 0.29) is 34.1 Å². The predicted octanol–water partition coefficient (Wildman–Crippen LogP) is 6.80. The first-order chi connectivity index (χ1) is 21.0. The molecule has 230 valence electrons. The van der Waals surface area contributed by atoms with Crippen LogP contribution >= 0.6 is 23.1 Å². The number of pyridine rings is 1. The van der Waals surface area contributed by atoms with Crippen LogP contribution in [0.5, 0.6) is 0 Å². The number of H-pyrrole nitrogens is 1. The van der Waals surface area contributed by atoms with Crippen LogP contribution in [-0.4, -0.2) is 53.6 Å². The van der Waals surface area contributed by atoms with Gasteiger partial charge in [-0.25, -0.2) is 4.98 Å². The number of aromatic amines is 1. The molecule has 3 saturated carbocycles. The van der Waals surface area contributed by atoms with Crippen molar-refractivity contribution in [3.05, 3.63) is 70.2 Å². The zero-order valence-electron chi connectivity index (χ0n) is 25.5. The molecule has 2 spiro atoms. The molecule has 7 nitrogen and oxygen atoms in total.